The first-order valence-electron chi connectivity index (χ1n) is 5.82. The topological polar surface area (TPSA) is 91.9 Å². The molecule has 1 heterocycles. The molecule has 7 heteroatoms. The Morgan fingerprint density at radius 2 is 2.16 bits per heavy atom. The van der Waals surface area contributed by atoms with Crippen LogP contribution >= 0.6 is 7.82 Å². The molecule has 0 amide bonds. The van der Waals surface area contributed by atoms with Crippen LogP contribution in [0.3, 0.4) is 0 Å². The Balaban J connectivity index is 2.26. The van der Waals surface area contributed by atoms with E-state index in [2.05, 4.69) is 16.8 Å². The van der Waals surface area contributed by atoms with Crippen LogP contribution in [0, 0.1) is 0 Å². The van der Waals surface area contributed by atoms with E-state index in [1.807, 2.05) is 19.2 Å². The van der Waals surface area contributed by atoms with Crippen LogP contribution in [0.4, 0.5) is 0 Å². The van der Waals surface area contributed by atoms with E-state index in [0.717, 1.165) is 17.4 Å². The fourth-order valence-corrected chi connectivity index (χ4v) is 2.14. The SMILES string of the molecule is CNC(C)Cc1ccc2oc(OP(=O)(O)O)cc2c1. The lowest BCUT2D eigenvalue weighted by atomic mass is 10.1. The standard InChI is InChI=1S/C12H16NO5P/c1-8(13-2)5-9-3-4-11-10(6-9)7-12(17-11)18-19(14,15)16/h3-4,6-8,13H,5H2,1-2H3,(H2,14,15,16). The molecule has 0 bridgehead atoms. The van der Waals surface area contributed by atoms with Crippen molar-refractivity contribution in [1.29, 1.82) is 0 Å². The van der Waals surface area contributed by atoms with Crippen molar-refractivity contribution < 1.29 is 23.3 Å². The molecule has 2 aromatic rings. The first kappa shape index (κ1) is 14.1. The van der Waals surface area contributed by atoms with Crippen LogP contribution in [0.1, 0.15) is 12.5 Å². The van der Waals surface area contributed by atoms with Crippen molar-refractivity contribution in [3.63, 3.8) is 0 Å². The van der Waals surface area contributed by atoms with Gasteiger partial charge in [0.15, 0.2) is 0 Å². The highest BCUT2D eigenvalue weighted by Gasteiger charge is 2.19. The Bertz CT molecular complexity index is 618. The maximum Gasteiger partial charge on any atom is 0.527 e. The highest BCUT2D eigenvalue weighted by Crippen LogP contribution is 2.39. The molecule has 0 saturated heterocycles. The number of nitrogens with one attached hydrogen (secondary N) is 1. The molecule has 0 radical (unpaired) electrons. The summed E-state index contributed by atoms with van der Waals surface area (Å²) in [5, 5.41) is 3.90. The first-order chi connectivity index (χ1) is 8.87. The van der Waals surface area contributed by atoms with Gasteiger partial charge in [-0.3, -0.25) is 9.79 Å². The van der Waals surface area contributed by atoms with Crippen LogP contribution in [-0.4, -0.2) is 22.9 Å². The molecule has 1 aromatic carbocycles. The van der Waals surface area contributed by atoms with Gasteiger partial charge >= 0.3 is 7.82 Å². The summed E-state index contributed by atoms with van der Waals surface area (Å²) in [6.45, 7) is 2.07. The molecule has 0 aliphatic rings. The molecule has 0 saturated carbocycles. The fraction of sp³-hybridized carbons (Fsp3) is 0.333. The Kier molecular flexibility index (Phi) is 3.96. The predicted molar refractivity (Wildman–Crippen MR) is 71.1 cm³/mol. The van der Waals surface area contributed by atoms with Crippen LogP contribution in [0.15, 0.2) is 28.7 Å². The second kappa shape index (κ2) is 5.35. The summed E-state index contributed by atoms with van der Waals surface area (Å²) in [7, 11) is -2.69. The molecular formula is C12H16NO5P. The van der Waals surface area contributed by atoms with Crippen molar-refractivity contribution in [3.8, 4) is 5.95 Å². The molecule has 0 aliphatic heterocycles. The molecule has 104 valence electrons. The van der Waals surface area contributed by atoms with E-state index in [1.54, 1.807) is 6.07 Å². The zero-order valence-corrected chi connectivity index (χ0v) is 11.6. The third-order valence-corrected chi connectivity index (χ3v) is 3.22. The van der Waals surface area contributed by atoms with Gasteiger partial charge in [0, 0.05) is 17.5 Å². The minimum Gasteiger partial charge on any atom is -0.425 e. The predicted octanol–water partition coefficient (Wildman–Crippen LogP) is 2.05. The van der Waals surface area contributed by atoms with E-state index in [4.69, 9.17) is 14.2 Å². The Morgan fingerprint density at radius 1 is 1.42 bits per heavy atom. The molecule has 0 fully saturated rings. The van der Waals surface area contributed by atoms with Gasteiger partial charge in [-0.1, -0.05) is 6.07 Å². The van der Waals surface area contributed by atoms with E-state index in [1.165, 1.54) is 6.07 Å². The number of likely N-dealkylation sites (N-methyl/N-ethyl adjacent to an activating group) is 1. The van der Waals surface area contributed by atoms with Crippen LogP contribution < -0.4 is 9.84 Å². The highest BCUT2D eigenvalue weighted by molar-refractivity contribution is 7.46. The van der Waals surface area contributed by atoms with Crippen molar-refractivity contribution in [2.75, 3.05) is 7.05 Å². The fourth-order valence-electron chi connectivity index (χ4n) is 1.81. The van der Waals surface area contributed by atoms with E-state index in [9.17, 15) is 4.57 Å². The molecule has 1 aromatic heterocycles. The van der Waals surface area contributed by atoms with Crippen molar-refractivity contribution in [2.24, 2.45) is 0 Å². The molecule has 0 spiro atoms. The van der Waals surface area contributed by atoms with Crippen molar-refractivity contribution in [1.82, 2.24) is 5.32 Å². The van der Waals surface area contributed by atoms with Gasteiger partial charge < -0.3 is 14.3 Å². The Morgan fingerprint density at radius 3 is 2.79 bits per heavy atom. The number of phosphoric ester groups is 1. The van der Waals surface area contributed by atoms with E-state index < -0.39 is 7.82 Å². The second-order valence-corrected chi connectivity index (χ2v) is 5.58. The third kappa shape index (κ3) is 3.81. The second-order valence-electron chi connectivity index (χ2n) is 4.41. The lowest BCUT2D eigenvalue weighted by molar-refractivity contribution is 0.258. The normalized spacial score (nSPS) is 13.7. The summed E-state index contributed by atoms with van der Waals surface area (Å²) in [5.74, 6) is -0.179. The average molecular weight is 285 g/mol. The molecule has 2 rings (SSSR count). The molecule has 6 nitrogen and oxygen atoms in total. The average Bonchev–Trinajstić information content (AvgIpc) is 2.67. The number of furan rings is 1. The van der Waals surface area contributed by atoms with Crippen LogP contribution in [0.25, 0.3) is 11.0 Å². The first-order valence-corrected chi connectivity index (χ1v) is 7.35. The van der Waals surface area contributed by atoms with Gasteiger partial charge in [-0.05, 0) is 38.1 Å². The monoisotopic (exact) mass is 285 g/mol. The maximum absolute atomic E-state index is 10.7. The number of rotatable bonds is 5. The minimum atomic E-state index is -4.59. The van der Waals surface area contributed by atoms with Gasteiger partial charge in [0.25, 0.3) is 5.95 Å². The molecule has 19 heavy (non-hydrogen) atoms. The Hall–Kier alpha value is -1.33. The van der Waals surface area contributed by atoms with Crippen molar-refractivity contribution >= 4 is 18.8 Å². The number of hydrogen-bond donors (Lipinski definition) is 3. The Labute approximate surface area is 110 Å². The lowest BCUT2D eigenvalue weighted by Crippen LogP contribution is -2.23. The summed E-state index contributed by atoms with van der Waals surface area (Å²) < 4.78 is 20.3. The third-order valence-electron chi connectivity index (χ3n) is 2.80. The maximum atomic E-state index is 10.7. The highest BCUT2D eigenvalue weighted by atomic mass is 31.2. The molecule has 1 atom stereocenters. The van der Waals surface area contributed by atoms with E-state index in [0.29, 0.717) is 11.6 Å². The van der Waals surface area contributed by atoms with E-state index >= 15 is 0 Å². The summed E-state index contributed by atoms with van der Waals surface area (Å²) in [6.07, 6.45) is 0.853. The van der Waals surface area contributed by atoms with Gasteiger partial charge in [-0.25, -0.2) is 4.57 Å². The molecule has 1 unspecified atom stereocenters. The summed E-state index contributed by atoms with van der Waals surface area (Å²) in [5.41, 5.74) is 1.64. The van der Waals surface area contributed by atoms with Crippen LogP contribution in [-0.2, 0) is 11.0 Å². The summed E-state index contributed by atoms with van der Waals surface area (Å²) in [6, 6.07) is 7.41. The van der Waals surface area contributed by atoms with Crippen LogP contribution in [0.2, 0.25) is 0 Å². The van der Waals surface area contributed by atoms with Gasteiger partial charge in [-0.15, -0.1) is 0 Å². The summed E-state index contributed by atoms with van der Waals surface area (Å²) >= 11 is 0. The summed E-state index contributed by atoms with van der Waals surface area (Å²) in [4.78, 5) is 17.4. The largest absolute Gasteiger partial charge is 0.527 e. The lowest BCUT2D eigenvalue weighted by Gasteiger charge is -2.09. The molecule has 0 aliphatic carbocycles. The van der Waals surface area contributed by atoms with Crippen LogP contribution in [0.5, 0.6) is 5.95 Å². The van der Waals surface area contributed by atoms with Gasteiger partial charge in [0.2, 0.25) is 0 Å². The molecular weight excluding hydrogens is 269 g/mol. The van der Waals surface area contributed by atoms with Gasteiger partial charge in [0.05, 0.1) is 0 Å². The number of phosphoric acid groups is 1. The van der Waals surface area contributed by atoms with Gasteiger partial charge in [0.1, 0.15) is 5.58 Å². The van der Waals surface area contributed by atoms with Gasteiger partial charge in [-0.2, -0.15) is 0 Å². The number of benzene rings is 1. The number of fused-ring (bicyclic) bond motifs is 1. The zero-order valence-electron chi connectivity index (χ0n) is 10.7. The quantitative estimate of drug-likeness (QED) is 0.728. The zero-order chi connectivity index (χ0) is 14.0. The molecule has 3 N–H and O–H groups in total. The minimum absolute atomic E-state index is 0.179. The van der Waals surface area contributed by atoms with Crippen molar-refractivity contribution in [2.45, 2.75) is 19.4 Å². The number of hydrogen-bond acceptors (Lipinski definition) is 4. The smallest absolute Gasteiger partial charge is 0.425 e. The van der Waals surface area contributed by atoms with Crippen molar-refractivity contribution in [3.05, 3.63) is 29.8 Å². The van der Waals surface area contributed by atoms with E-state index in [-0.39, 0.29) is 5.95 Å².